The van der Waals surface area contributed by atoms with Crippen LogP contribution in [0.3, 0.4) is 0 Å². The van der Waals surface area contributed by atoms with Crippen molar-refractivity contribution in [2.45, 2.75) is 46.1 Å². The minimum Gasteiger partial charge on any atom is -0.323 e. The zero-order chi connectivity index (χ0) is 13.9. The van der Waals surface area contributed by atoms with E-state index in [1.807, 2.05) is 6.07 Å². The first kappa shape index (κ1) is 15.7. The fourth-order valence-electron chi connectivity index (χ4n) is 2.16. The van der Waals surface area contributed by atoms with Crippen LogP contribution >= 0.6 is 0 Å². The Labute approximate surface area is 117 Å². The third-order valence-corrected chi connectivity index (χ3v) is 3.32. The van der Waals surface area contributed by atoms with Crippen molar-refractivity contribution in [3.8, 4) is 0 Å². The molecule has 3 heteroatoms. The number of nitrogens with two attached hydrogens (primary N) is 1. The maximum absolute atomic E-state index is 5.28. The smallest absolute Gasteiger partial charge is 0.0541 e. The van der Waals surface area contributed by atoms with E-state index in [2.05, 4.69) is 42.0 Å². The molecule has 0 aliphatic carbocycles. The predicted molar refractivity (Wildman–Crippen MR) is 83.3 cm³/mol. The molecule has 106 valence electrons. The molecule has 2 N–H and O–H groups in total. The van der Waals surface area contributed by atoms with Gasteiger partial charge >= 0.3 is 0 Å². The van der Waals surface area contributed by atoms with Crippen LogP contribution in [0.4, 0.5) is 0 Å². The van der Waals surface area contributed by atoms with Gasteiger partial charge in [0.05, 0.1) is 6.21 Å². The summed E-state index contributed by atoms with van der Waals surface area (Å²) in [6.07, 6.45) is 6.75. The Morgan fingerprint density at radius 2 is 1.74 bits per heavy atom. The first-order chi connectivity index (χ1) is 9.31. The molecule has 0 atom stereocenters. The zero-order valence-electron chi connectivity index (χ0n) is 12.3. The van der Waals surface area contributed by atoms with Crippen molar-refractivity contribution in [2.75, 3.05) is 13.1 Å². The SMILES string of the molecule is CCCCN(CCCC)Cc1ccccc1C=NN. The highest BCUT2D eigenvalue weighted by molar-refractivity contribution is 5.81. The first-order valence-corrected chi connectivity index (χ1v) is 7.35. The molecule has 0 aromatic heterocycles. The van der Waals surface area contributed by atoms with Gasteiger partial charge in [0, 0.05) is 6.54 Å². The first-order valence-electron chi connectivity index (χ1n) is 7.35. The lowest BCUT2D eigenvalue weighted by atomic mass is 10.1. The standard InChI is InChI=1S/C16H27N3/c1-3-5-11-19(12-6-4-2)14-16-10-8-7-9-15(16)13-18-17/h7-10,13H,3-6,11-12,14,17H2,1-2H3. The number of unbranched alkanes of at least 4 members (excludes halogenated alkanes) is 2. The molecule has 1 aromatic carbocycles. The van der Waals surface area contributed by atoms with Gasteiger partial charge in [-0.15, -0.1) is 0 Å². The number of hydrogen-bond donors (Lipinski definition) is 1. The third kappa shape index (κ3) is 5.88. The van der Waals surface area contributed by atoms with Crippen LogP contribution < -0.4 is 5.84 Å². The van der Waals surface area contributed by atoms with Gasteiger partial charge in [0.15, 0.2) is 0 Å². The average molecular weight is 261 g/mol. The summed E-state index contributed by atoms with van der Waals surface area (Å²) < 4.78 is 0. The fraction of sp³-hybridized carbons (Fsp3) is 0.562. The molecule has 0 spiro atoms. The fourth-order valence-corrected chi connectivity index (χ4v) is 2.16. The Hall–Kier alpha value is -1.35. The van der Waals surface area contributed by atoms with E-state index in [0.717, 1.165) is 12.1 Å². The van der Waals surface area contributed by atoms with E-state index >= 15 is 0 Å². The van der Waals surface area contributed by atoms with Crippen molar-refractivity contribution in [2.24, 2.45) is 10.9 Å². The molecule has 0 saturated heterocycles. The van der Waals surface area contributed by atoms with Crippen LogP contribution in [0.2, 0.25) is 0 Å². The highest BCUT2D eigenvalue weighted by Gasteiger charge is 2.07. The number of hydrogen-bond acceptors (Lipinski definition) is 3. The molecule has 0 fully saturated rings. The molecular weight excluding hydrogens is 234 g/mol. The Balaban J connectivity index is 2.70. The van der Waals surface area contributed by atoms with Gasteiger partial charge in [-0.05, 0) is 37.1 Å². The van der Waals surface area contributed by atoms with Crippen LogP contribution in [0.25, 0.3) is 0 Å². The van der Waals surface area contributed by atoms with E-state index in [-0.39, 0.29) is 0 Å². The normalized spacial score (nSPS) is 11.5. The summed E-state index contributed by atoms with van der Waals surface area (Å²) in [6.45, 7) is 7.82. The monoisotopic (exact) mass is 261 g/mol. The van der Waals surface area contributed by atoms with E-state index in [4.69, 9.17) is 5.84 Å². The molecule has 19 heavy (non-hydrogen) atoms. The molecule has 0 saturated carbocycles. The van der Waals surface area contributed by atoms with E-state index in [0.29, 0.717) is 0 Å². The van der Waals surface area contributed by atoms with E-state index in [1.165, 1.54) is 44.3 Å². The average Bonchev–Trinajstić information content (AvgIpc) is 2.44. The number of rotatable bonds is 9. The molecule has 1 rings (SSSR count). The van der Waals surface area contributed by atoms with Crippen molar-refractivity contribution < 1.29 is 0 Å². The molecular formula is C16H27N3. The molecule has 0 bridgehead atoms. The van der Waals surface area contributed by atoms with Gasteiger partial charge in [-0.2, -0.15) is 5.10 Å². The number of nitrogens with zero attached hydrogens (tertiary/aromatic N) is 2. The summed E-state index contributed by atoms with van der Waals surface area (Å²) in [5, 5.41) is 3.65. The number of benzene rings is 1. The summed E-state index contributed by atoms with van der Waals surface area (Å²) >= 11 is 0. The van der Waals surface area contributed by atoms with E-state index in [9.17, 15) is 0 Å². The van der Waals surface area contributed by atoms with Gasteiger partial charge in [0.25, 0.3) is 0 Å². The van der Waals surface area contributed by atoms with Crippen LogP contribution in [-0.4, -0.2) is 24.2 Å². The zero-order valence-corrected chi connectivity index (χ0v) is 12.3. The Bertz CT molecular complexity index is 366. The second-order valence-corrected chi connectivity index (χ2v) is 4.96. The molecule has 0 amide bonds. The molecule has 0 unspecified atom stereocenters. The summed E-state index contributed by atoms with van der Waals surface area (Å²) in [5.74, 6) is 5.28. The molecule has 0 radical (unpaired) electrons. The van der Waals surface area contributed by atoms with Crippen LogP contribution in [-0.2, 0) is 6.54 Å². The van der Waals surface area contributed by atoms with Crippen molar-refractivity contribution >= 4 is 6.21 Å². The minimum atomic E-state index is 0.988. The van der Waals surface area contributed by atoms with Crippen LogP contribution in [0.5, 0.6) is 0 Å². The summed E-state index contributed by atoms with van der Waals surface area (Å²) in [6, 6.07) is 8.36. The van der Waals surface area contributed by atoms with Gasteiger partial charge in [-0.3, -0.25) is 4.90 Å². The highest BCUT2D eigenvalue weighted by Crippen LogP contribution is 2.11. The number of hydrazone groups is 1. The summed E-state index contributed by atoms with van der Waals surface area (Å²) in [5.41, 5.74) is 2.44. The quantitative estimate of drug-likeness (QED) is 0.420. The topological polar surface area (TPSA) is 41.6 Å². The third-order valence-electron chi connectivity index (χ3n) is 3.32. The minimum absolute atomic E-state index is 0.988. The second kappa shape index (κ2) is 9.56. The second-order valence-electron chi connectivity index (χ2n) is 4.96. The van der Waals surface area contributed by atoms with Crippen molar-refractivity contribution in [1.82, 2.24) is 4.90 Å². The van der Waals surface area contributed by atoms with Crippen molar-refractivity contribution in [3.05, 3.63) is 35.4 Å². The lowest BCUT2D eigenvalue weighted by Gasteiger charge is -2.22. The Kier molecular flexibility index (Phi) is 7.91. The summed E-state index contributed by atoms with van der Waals surface area (Å²) in [7, 11) is 0. The van der Waals surface area contributed by atoms with E-state index in [1.54, 1.807) is 6.21 Å². The molecule has 0 aliphatic rings. The highest BCUT2D eigenvalue weighted by atomic mass is 15.1. The van der Waals surface area contributed by atoms with Crippen LogP contribution in [0.1, 0.15) is 50.7 Å². The van der Waals surface area contributed by atoms with Gasteiger partial charge in [-0.1, -0.05) is 51.0 Å². The molecule has 0 heterocycles. The lowest BCUT2D eigenvalue weighted by molar-refractivity contribution is 0.257. The molecule has 0 aliphatic heterocycles. The van der Waals surface area contributed by atoms with Crippen LogP contribution in [0.15, 0.2) is 29.4 Å². The lowest BCUT2D eigenvalue weighted by Crippen LogP contribution is -2.26. The molecule has 1 aromatic rings. The maximum atomic E-state index is 5.28. The van der Waals surface area contributed by atoms with E-state index < -0.39 is 0 Å². The predicted octanol–water partition coefficient (Wildman–Crippen LogP) is 3.38. The Morgan fingerprint density at radius 1 is 1.11 bits per heavy atom. The summed E-state index contributed by atoms with van der Waals surface area (Å²) in [4.78, 5) is 2.54. The maximum Gasteiger partial charge on any atom is 0.0541 e. The Morgan fingerprint density at radius 3 is 2.32 bits per heavy atom. The van der Waals surface area contributed by atoms with Crippen molar-refractivity contribution in [1.29, 1.82) is 0 Å². The van der Waals surface area contributed by atoms with Gasteiger partial charge in [0.2, 0.25) is 0 Å². The van der Waals surface area contributed by atoms with Gasteiger partial charge in [0.1, 0.15) is 0 Å². The molecule has 3 nitrogen and oxygen atoms in total. The van der Waals surface area contributed by atoms with Gasteiger partial charge < -0.3 is 5.84 Å². The van der Waals surface area contributed by atoms with Crippen molar-refractivity contribution in [3.63, 3.8) is 0 Å². The largest absolute Gasteiger partial charge is 0.323 e. The van der Waals surface area contributed by atoms with Gasteiger partial charge in [-0.25, -0.2) is 0 Å². The van der Waals surface area contributed by atoms with Crippen LogP contribution in [0, 0.1) is 0 Å².